The summed E-state index contributed by atoms with van der Waals surface area (Å²) in [6.45, 7) is 0. The van der Waals surface area contributed by atoms with E-state index in [-0.39, 0.29) is 18.2 Å². The third-order valence-electron chi connectivity index (χ3n) is 10.6. The number of nitrogens with zero attached hydrogens (tertiary/aromatic N) is 4. The lowest BCUT2D eigenvalue weighted by molar-refractivity contribution is 0.508. The van der Waals surface area contributed by atoms with Crippen LogP contribution in [0.25, 0.3) is 33.1 Å². The third kappa shape index (κ3) is 4.88. The van der Waals surface area contributed by atoms with E-state index in [9.17, 15) is 5.26 Å². The summed E-state index contributed by atoms with van der Waals surface area (Å²) in [5.41, 5.74) is 13.0. The molecule has 0 bridgehead atoms. The molecular weight excluding hydrogens is 635 g/mol. The van der Waals surface area contributed by atoms with E-state index in [1.165, 1.54) is 27.6 Å². The number of nitriles is 1. The Hall–Kier alpha value is -6.90. The van der Waals surface area contributed by atoms with Crippen molar-refractivity contribution >= 4 is 50.2 Å². The molecule has 0 spiro atoms. The maximum absolute atomic E-state index is 9.64. The Kier molecular flexibility index (Phi) is 7.00. The summed E-state index contributed by atoms with van der Waals surface area (Å²) in [4.78, 5) is 7.74. The van der Waals surface area contributed by atoms with Crippen molar-refractivity contribution in [3.05, 3.63) is 204 Å². The average Bonchev–Trinajstić information content (AvgIpc) is 3.73. The van der Waals surface area contributed by atoms with Gasteiger partial charge in [-0.1, -0.05) is 133 Å². The minimum Gasteiger partial charge on any atom is -0.346 e. The van der Waals surface area contributed by atoms with Gasteiger partial charge in [-0.2, -0.15) is 5.26 Å². The first-order valence-corrected chi connectivity index (χ1v) is 17.7. The van der Waals surface area contributed by atoms with Crippen LogP contribution in [-0.2, 0) is 0 Å². The first-order chi connectivity index (χ1) is 25.7. The number of benzene rings is 6. The molecule has 6 aromatic carbocycles. The molecule has 1 aliphatic carbocycles. The maximum atomic E-state index is 9.64. The van der Waals surface area contributed by atoms with Crippen LogP contribution in [-0.4, -0.2) is 16.3 Å². The number of aromatic nitrogens is 1. The molecule has 0 fully saturated rings. The zero-order valence-corrected chi connectivity index (χ0v) is 28.3. The van der Waals surface area contributed by atoms with E-state index in [1.807, 2.05) is 24.3 Å². The molecule has 10 rings (SSSR count). The molecule has 1 N–H and O–H groups in total. The van der Waals surface area contributed by atoms with Gasteiger partial charge in [-0.15, -0.1) is 0 Å². The summed E-state index contributed by atoms with van der Waals surface area (Å²) in [6.07, 6.45) is 8.81. The molecule has 246 valence electrons. The Bertz CT molecular complexity index is 2690. The van der Waals surface area contributed by atoms with E-state index in [4.69, 9.17) is 4.99 Å². The van der Waals surface area contributed by atoms with Gasteiger partial charge in [0, 0.05) is 33.8 Å². The van der Waals surface area contributed by atoms with Crippen LogP contribution in [0.1, 0.15) is 40.0 Å². The van der Waals surface area contributed by atoms with E-state index in [0.29, 0.717) is 5.56 Å². The van der Waals surface area contributed by atoms with Crippen molar-refractivity contribution in [3.63, 3.8) is 0 Å². The van der Waals surface area contributed by atoms with E-state index >= 15 is 0 Å². The molecule has 7 aromatic rings. The first kappa shape index (κ1) is 30.0. The number of hydrogen-bond donors (Lipinski definition) is 1. The Morgan fingerprint density at radius 2 is 1.40 bits per heavy atom. The van der Waals surface area contributed by atoms with Gasteiger partial charge in [-0.25, -0.2) is 4.99 Å². The number of para-hydroxylation sites is 2. The van der Waals surface area contributed by atoms with Crippen molar-refractivity contribution in [2.45, 2.75) is 18.2 Å². The monoisotopic (exact) mass is 667 g/mol. The van der Waals surface area contributed by atoms with Crippen molar-refractivity contribution in [1.82, 2.24) is 9.88 Å². The standard InChI is InChI=1S/C47H33N5/c48-30-31-12-11-17-36(26-31)51-43-20-9-8-19-38(43)40-27-34(23-25-45(40)51)35-22-24-39-37-18-7-10-21-44(37)52(46(39)28-35)47-49-41(32-13-3-1-4-14-32)29-42(50-47)33-15-5-2-6-16-33/h1-29,40,45,47,49H. The summed E-state index contributed by atoms with van der Waals surface area (Å²) in [7, 11) is 0. The van der Waals surface area contributed by atoms with Crippen molar-refractivity contribution in [3.8, 4) is 6.07 Å². The number of aliphatic imine (C=N–C) groups is 1. The predicted molar refractivity (Wildman–Crippen MR) is 212 cm³/mol. The maximum Gasteiger partial charge on any atom is 0.201 e. The molecular formula is C47H33N5. The lowest BCUT2D eigenvalue weighted by Gasteiger charge is -2.30. The average molecular weight is 668 g/mol. The lowest BCUT2D eigenvalue weighted by Crippen LogP contribution is -2.29. The Balaban J connectivity index is 1.10. The van der Waals surface area contributed by atoms with Crippen LogP contribution < -0.4 is 10.2 Å². The van der Waals surface area contributed by atoms with Crippen LogP contribution >= 0.6 is 0 Å². The molecule has 5 nitrogen and oxygen atoms in total. The Morgan fingerprint density at radius 1 is 0.654 bits per heavy atom. The first-order valence-electron chi connectivity index (χ1n) is 17.7. The lowest BCUT2D eigenvalue weighted by atomic mass is 9.86. The molecule has 52 heavy (non-hydrogen) atoms. The van der Waals surface area contributed by atoms with Gasteiger partial charge in [0.25, 0.3) is 0 Å². The fourth-order valence-corrected chi connectivity index (χ4v) is 8.20. The van der Waals surface area contributed by atoms with Gasteiger partial charge >= 0.3 is 0 Å². The highest BCUT2D eigenvalue weighted by atomic mass is 15.3. The fourth-order valence-electron chi connectivity index (χ4n) is 8.20. The van der Waals surface area contributed by atoms with Crippen LogP contribution in [0.4, 0.5) is 11.4 Å². The summed E-state index contributed by atoms with van der Waals surface area (Å²) in [5, 5.41) is 15.8. The van der Waals surface area contributed by atoms with Gasteiger partial charge < -0.3 is 14.8 Å². The van der Waals surface area contributed by atoms with E-state index in [0.717, 1.165) is 44.8 Å². The summed E-state index contributed by atoms with van der Waals surface area (Å²) in [5.74, 6) is 0.167. The van der Waals surface area contributed by atoms with Gasteiger partial charge in [0.05, 0.1) is 34.4 Å². The van der Waals surface area contributed by atoms with Gasteiger partial charge in [-0.05, 0) is 70.3 Å². The number of anilines is 2. The minimum atomic E-state index is -0.368. The second-order valence-corrected chi connectivity index (χ2v) is 13.5. The molecule has 0 radical (unpaired) electrons. The number of allylic oxidation sites excluding steroid dienone is 3. The SMILES string of the molecule is N#Cc1cccc(N2c3ccccc3C3C=C(c4ccc5c6ccccc6n(C6N=C(c7ccccc7)C=C(c7ccccc7)N6)c5c4)C=CC32)c1. The van der Waals surface area contributed by atoms with E-state index in [1.54, 1.807) is 0 Å². The largest absolute Gasteiger partial charge is 0.346 e. The number of rotatable bonds is 5. The van der Waals surface area contributed by atoms with Crippen molar-refractivity contribution in [1.29, 1.82) is 5.26 Å². The highest BCUT2D eigenvalue weighted by molar-refractivity contribution is 6.13. The molecule has 0 amide bonds. The molecule has 0 saturated carbocycles. The topological polar surface area (TPSA) is 56.4 Å². The normalized spacial score (nSPS) is 18.9. The summed E-state index contributed by atoms with van der Waals surface area (Å²) >= 11 is 0. The second-order valence-electron chi connectivity index (χ2n) is 13.5. The van der Waals surface area contributed by atoms with Crippen LogP contribution in [0, 0.1) is 11.3 Å². The number of hydrogen-bond acceptors (Lipinski definition) is 4. The van der Waals surface area contributed by atoms with Crippen molar-refractivity contribution in [2.75, 3.05) is 4.90 Å². The Morgan fingerprint density at radius 3 is 2.25 bits per heavy atom. The molecule has 3 aliphatic rings. The zero-order chi connectivity index (χ0) is 34.6. The zero-order valence-electron chi connectivity index (χ0n) is 28.3. The predicted octanol–water partition coefficient (Wildman–Crippen LogP) is 10.5. The van der Waals surface area contributed by atoms with Gasteiger partial charge in [-0.3, -0.25) is 0 Å². The number of nitrogens with one attached hydrogen (secondary N) is 1. The van der Waals surface area contributed by atoms with E-state index in [2.05, 4.69) is 173 Å². The molecule has 5 heteroatoms. The summed E-state index contributed by atoms with van der Waals surface area (Å²) < 4.78 is 2.36. The van der Waals surface area contributed by atoms with Crippen molar-refractivity contribution < 1.29 is 0 Å². The highest BCUT2D eigenvalue weighted by Gasteiger charge is 2.38. The highest BCUT2D eigenvalue weighted by Crippen LogP contribution is 2.49. The number of fused-ring (bicyclic) bond motifs is 6. The minimum absolute atomic E-state index is 0.116. The quantitative estimate of drug-likeness (QED) is 0.199. The van der Waals surface area contributed by atoms with Crippen molar-refractivity contribution in [2.24, 2.45) is 4.99 Å². The molecule has 0 saturated heterocycles. The Labute approximate surface area is 302 Å². The molecule has 2 aliphatic heterocycles. The molecule has 3 atom stereocenters. The van der Waals surface area contributed by atoms with Crippen LogP contribution in [0.5, 0.6) is 0 Å². The molecule has 3 unspecified atom stereocenters. The summed E-state index contributed by atoms with van der Waals surface area (Å²) in [6, 6.07) is 55.4. The molecule has 1 aromatic heterocycles. The van der Waals surface area contributed by atoms with Gasteiger partial charge in [0.1, 0.15) is 0 Å². The van der Waals surface area contributed by atoms with Gasteiger partial charge in [0.15, 0.2) is 0 Å². The van der Waals surface area contributed by atoms with Crippen LogP contribution in [0.15, 0.2) is 181 Å². The molecule has 3 heterocycles. The van der Waals surface area contributed by atoms with Crippen LogP contribution in [0.3, 0.4) is 0 Å². The smallest absolute Gasteiger partial charge is 0.201 e. The third-order valence-corrected chi connectivity index (χ3v) is 10.6. The van der Waals surface area contributed by atoms with E-state index < -0.39 is 0 Å². The second kappa shape index (κ2) is 12.2. The van der Waals surface area contributed by atoms with Gasteiger partial charge in [0.2, 0.25) is 6.29 Å². The fraction of sp³-hybridized carbons (Fsp3) is 0.0638. The van der Waals surface area contributed by atoms with Crippen LogP contribution in [0.2, 0.25) is 0 Å².